The lowest BCUT2D eigenvalue weighted by molar-refractivity contribution is 0.00464. The Bertz CT molecular complexity index is 187. The van der Waals surface area contributed by atoms with Crippen LogP contribution < -0.4 is 0 Å². The number of ether oxygens (including phenoxy) is 3. The van der Waals surface area contributed by atoms with Crippen LogP contribution in [0.3, 0.4) is 0 Å². The van der Waals surface area contributed by atoms with Gasteiger partial charge in [-0.25, -0.2) is 0 Å². The van der Waals surface area contributed by atoms with Gasteiger partial charge in [0.15, 0.2) is 0 Å². The zero-order valence-corrected chi connectivity index (χ0v) is 13.8. The van der Waals surface area contributed by atoms with Gasteiger partial charge < -0.3 is 19.3 Å². The van der Waals surface area contributed by atoms with Crippen molar-refractivity contribution >= 4 is 0 Å². The maximum Gasteiger partial charge on any atom is 0.0701 e. The number of aliphatic hydroxyl groups excluding tert-OH is 1. The molecule has 122 valence electrons. The first-order chi connectivity index (χ1) is 9.59. The average molecular weight is 290 g/mol. The smallest absolute Gasteiger partial charge is 0.0701 e. The lowest BCUT2D eigenvalue weighted by Gasteiger charge is -2.23. The van der Waals surface area contributed by atoms with Crippen molar-refractivity contribution in [2.24, 2.45) is 11.8 Å². The molecule has 0 radical (unpaired) electrons. The van der Waals surface area contributed by atoms with Crippen LogP contribution in [0, 0.1) is 11.8 Å². The first kappa shape index (κ1) is 19.8. The molecule has 0 bridgehead atoms. The Balaban J connectivity index is 3.27. The molecule has 20 heavy (non-hydrogen) atoms. The molecule has 0 aromatic carbocycles. The normalized spacial score (nSPS) is 14.7. The maximum absolute atomic E-state index is 9.65. The van der Waals surface area contributed by atoms with Gasteiger partial charge in [0.1, 0.15) is 0 Å². The second-order valence-electron chi connectivity index (χ2n) is 5.63. The molecule has 0 saturated heterocycles. The van der Waals surface area contributed by atoms with E-state index in [1.807, 2.05) is 6.92 Å². The van der Waals surface area contributed by atoms with E-state index in [9.17, 15) is 5.11 Å². The Morgan fingerprint density at radius 3 is 1.75 bits per heavy atom. The highest BCUT2D eigenvalue weighted by Crippen LogP contribution is 2.19. The van der Waals surface area contributed by atoms with Crippen molar-refractivity contribution in [3.8, 4) is 0 Å². The number of aliphatic hydroxyl groups is 1. The standard InChI is InChI=1S/C16H34O4/c1-5-6-8-18-10-12-20-13-11-19-9-7-16(14(2)3)15(4)17/h14-17H,5-13H2,1-4H3. The third-order valence-corrected chi connectivity index (χ3v) is 3.46. The van der Waals surface area contributed by atoms with Crippen molar-refractivity contribution < 1.29 is 19.3 Å². The van der Waals surface area contributed by atoms with Crippen LogP contribution in [-0.2, 0) is 14.2 Å². The summed E-state index contributed by atoms with van der Waals surface area (Å²) in [5.41, 5.74) is 0. The first-order valence-electron chi connectivity index (χ1n) is 8.00. The van der Waals surface area contributed by atoms with Crippen molar-refractivity contribution in [1.82, 2.24) is 0 Å². The van der Waals surface area contributed by atoms with E-state index in [4.69, 9.17) is 14.2 Å². The van der Waals surface area contributed by atoms with Gasteiger partial charge >= 0.3 is 0 Å². The van der Waals surface area contributed by atoms with E-state index in [-0.39, 0.29) is 6.10 Å². The summed E-state index contributed by atoms with van der Waals surface area (Å²) in [6.45, 7) is 12.3. The number of unbranched alkanes of at least 4 members (excludes halogenated alkanes) is 1. The van der Waals surface area contributed by atoms with Crippen molar-refractivity contribution in [1.29, 1.82) is 0 Å². The predicted molar refractivity (Wildman–Crippen MR) is 82.0 cm³/mol. The maximum atomic E-state index is 9.65. The van der Waals surface area contributed by atoms with Crippen LogP contribution in [0.15, 0.2) is 0 Å². The van der Waals surface area contributed by atoms with E-state index in [1.165, 1.54) is 6.42 Å². The highest BCUT2D eigenvalue weighted by Gasteiger charge is 2.18. The molecule has 0 aliphatic rings. The molecule has 0 aliphatic heterocycles. The van der Waals surface area contributed by atoms with Crippen LogP contribution in [-0.4, -0.2) is 50.9 Å². The van der Waals surface area contributed by atoms with Gasteiger partial charge in [-0.15, -0.1) is 0 Å². The summed E-state index contributed by atoms with van der Waals surface area (Å²) in [5.74, 6) is 0.790. The predicted octanol–water partition coefficient (Wildman–Crippen LogP) is 2.88. The summed E-state index contributed by atoms with van der Waals surface area (Å²) in [4.78, 5) is 0. The summed E-state index contributed by atoms with van der Waals surface area (Å²) in [7, 11) is 0. The quantitative estimate of drug-likeness (QED) is 0.500. The second-order valence-corrected chi connectivity index (χ2v) is 5.63. The monoisotopic (exact) mass is 290 g/mol. The second kappa shape index (κ2) is 13.8. The number of rotatable bonds is 14. The van der Waals surface area contributed by atoms with E-state index in [1.54, 1.807) is 0 Å². The molecule has 2 unspecified atom stereocenters. The fourth-order valence-corrected chi connectivity index (χ4v) is 2.14. The van der Waals surface area contributed by atoms with Crippen molar-refractivity contribution in [3.05, 3.63) is 0 Å². The molecule has 0 spiro atoms. The van der Waals surface area contributed by atoms with Crippen molar-refractivity contribution in [3.63, 3.8) is 0 Å². The first-order valence-corrected chi connectivity index (χ1v) is 8.00. The number of hydrogen-bond acceptors (Lipinski definition) is 4. The van der Waals surface area contributed by atoms with Crippen molar-refractivity contribution in [2.75, 3.05) is 39.6 Å². The lowest BCUT2D eigenvalue weighted by Crippen LogP contribution is -2.24. The third kappa shape index (κ3) is 11.6. The molecule has 0 amide bonds. The summed E-state index contributed by atoms with van der Waals surface area (Å²) in [6.07, 6.45) is 2.91. The molecule has 0 heterocycles. The van der Waals surface area contributed by atoms with Gasteiger partial charge in [0, 0.05) is 13.2 Å². The Morgan fingerprint density at radius 2 is 1.30 bits per heavy atom. The van der Waals surface area contributed by atoms with E-state index in [0.29, 0.717) is 44.9 Å². The fraction of sp³-hybridized carbons (Fsp3) is 1.00. The Hall–Kier alpha value is -0.160. The van der Waals surface area contributed by atoms with Gasteiger partial charge in [0.05, 0.1) is 32.5 Å². The molecule has 0 saturated carbocycles. The van der Waals surface area contributed by atoms with E-state index in [2.05, 4.69) is 20.8 Å². The Labute approximate surface area is 124 Å². The summed E-state index contributed by atoms with van der Waals surface area (Å²) >= 11 is 0. The van der Waals surface area contributed by atoms with Crippen LogP contribution in [0.1, 0.15) is 47.0 Å². The third-order valence-electron chi connectivity index (χ3n) is 3.46. The summed E-state index contributed by atoms with van der Waals surface area (Å²) in [5, 5.41) is 9.65. The fourth-order valence-electron chi connectivity index (χ4n) is 2.14. The molecule has 0 aliphatic carbocycles. The number of hydrogen-bond donors (Lipinski definition) is 1. The van der Waals surface area contributed by atoms with Crippen LogP contribution in [0.5, 0.6) is 0 Å². The molecule has 0 fully saturated rings. The average Bonchev–Trinajstić information content (AvgIpc) is 2.39. The lowest BCUT2D eigenvalue weighted by atomic mass is 9.88. The highest BCUT2D eigenvalue weighted by atomic mass is 16.5. The van der Waals surface area contributed by atoms with E-state index in [0.717, 1.165) is 19.4 Å². The molecular formula is C16H34O4. The van der Waals surface area contributed by atoms with Gasteiger partial charge in [-0.1, -0.05) is 27.2 Å². The zero-order valence-electron chi connectivity index (χ0n) is 13.8. The molecular weight excluding hydrogens is 256 g/mol. The molecule has 1 N–H and O–H groups in total. The van der Waals surface area contributed by atoms with Crippen molar-refractivity contribution in [2.45, 2.75) is 53.1 Å². The van der Waals surface area contributed by atoms with Gasteiger partial charge in [-0.2, -0.15) is 0 Å². The Kier molecular flexibility index (Phi) is 13.7. The molecule has 4 heteroatoms. The van der Waals surface area contributed by atoms with Crippen LogP contribution in [0.25, 0.3) is 0 Å². The van der Waals surface area contributed by atoms with Gasteiger partial charge in [-0.05, 0) is 31.6 Å². The highest BCUT2D eigenvalue weighted by molar-refractivity contribution is 4.68. The van der Waals surface area contributed by atoms with E-state index < -0.39 is 0 Å². The van der Waals surface area contributed by atoms with Gasteiger partial charge in [0.2, 0.25) is 0 Å². The zero-order chi connectivity index (χ0) is 15.2. The summed E-state index contributed by atoms with van der Waals surface area (Å²) < 4.78 is 16.3. The minimum Gasteiger partial charge on any atom is -0.393 e. The molecule has 4 nitrogen and oxygen atoms in total. The van der Waals surface area contributed by atoms with Crippen LogP contribution in [0.4, 0.5) is 0 Å². The molecule has 0 aromatic rings. The van der Waals surface area contributed by atoms with Gasteiger partial charge in [0.25, 0.3) is 0 Å². The minimum absolute atomic E-state index is 0.268. The Morgan fingerprint density at radius 1 is 0.800 bits per heavy atom. The van der Waals surface area contributed by atoms with Gasteiger partial charge in [-0.3, -0.25) is 0 Å². The topological polar surface area (TPSA) is 47.9 Å². The SMILES string of the molecule is CCCCOCCOCCOCCC(C(C)C)C(C)O. The largest absolute Gasteiger partial charge is 0.393 e. The molecule has 0 rings (SSSR count). The molecule has 0 aromatic heterocycles. The minimum atomic E-state index is -0.268. The van der Waals surface area contributed by atoms with Crippen LogP contribution in [0.2, 0.25) is 0 Å². The van der Waals surface area contributed by atoms with Crippen LogP contribution >= 0.6 is 0 Å². The summed E-state index contributed by atoms with van der Waals surface area (Å²) in [6, 6.07) is 0. The van der Waals surface area contributed by atoms with E-state index >= 15 is 0 Å². The molecule has 2 atom stereocenters.